The summed E-state index contributed by atoms with van der Waals surface area (Å²) >= 11 is 1.30. The van der Waals surface area contributed by atoms with E-state index in [1.165, 1.54) is 16.7 Å². The van der Waals surface area contributed by atoms with Crippen molar-refractivity contribution in [3.05, 3.63) is 16.1 Å². The second-order valence-electron chi connectivity index (χ2n) is 3.15. The van der Waals surface area contributed by atoms with Crippen molar-refractivity contribution in [2.75, 3.05) is 0 Å². The first kappa shape index (κ1) is 10.1. The number of nitrogens with zero attached hydrogens (tertiary/aromatic N) is 1. The predicted octanol–water partition coefficient (Wildman–Crippen LogP) is 1.50. The zero-order valence-corrected chi connectivity index (χ0v) is 8.34. The molecule has 0 fully saturated rings. The Bertz CT molecular complexity index is 309. The molecule has 1 atom stereocenters. The number of nitrogens with two attached hydrogens (primary N) is 1. The van der Waals surface area contributed by atoms with Crippen LogP contribution in [0, 0.1) is 5.92 Å². The Balaban J connectivity index is 2.85. The zero-order chi connectivity index (χ0) is 10.0. The van der Waals surface area contributed by atoms with E-state index in [0.29, 0.717) is 5.01 Å². The van der Waals surface area contributed by atoms with Crippen LogP contribution in [0.15, 0.2) is 5.38 Å². The fourth-order valence-electron chi connectivity index (χ4n) is 0.824. The van der Waals surface area contributed by atoms with Crippen LogP contribution in [0.5, 0.6) is 0 Å². The number of rotatable bonds is 3. The van der Waals surface area contributed by atoms with Gasteiger partial charge in [-0.3, -0.25) is 0 Å². The number of carbonyl (C=O) groups is 1. The van der Waals surface area contributed by atoms with Crippen molar-refractivity contribution >= 4 is 17.3 Å². The van der Waals surface area contributed by atoms with Crippen LogP contribution in [-0.2, 0) is 0 Å². The molecule has 1 aromatic rings. The molecule has 1 heterocycles. The Kier molecular flexibility index (Phi) is 3.00. The third-order valence-electron chi connectivity index (χ3n) is 1.74. The van der Waals surface area contributed by atoms with Gasteiger partial charge in [0.25, 0.3) is 0 Å². The Morgan fingerprint density at radius 3 is 2.69 bits per heavy atom. The van der Waals surface area contributed by atoms with Crippen LogP contribution >= 0.6 is 11.3 Å². The highest BCUT2D eigenvalue weighted by atomic mass is 32.1. The van der Waals surface area contributed by atoms with Gasteiger partial charge in [-0.2, -0.15) is 0 Å². The van der Waals surface area contributed by atoms with Crippen molar-refractivity contribution in [2.24, 2.45) is 11.7 Å². The van der Waals surface area contributed by atoms with Gasteiger partial charge in [0.05, 0.1) is 6.04 Å². The standard InChI is InChI=1S/C8H12N2O2S/c1-4(2)6(9)7-10-5(3-13-7)8(11)12/h3-4,6H,9H2,1-2H3,(H,11,12)/t6-/m0/s1. The molecule has 3 N–H and O–H groups in total. The predicted molar refractivity (Wildman–Crippen MR) is 50.8 cm³/mol. The van der Waals surface area contributed by atoms with Crippen molar-refractivity contribution in [1.82, 2.24) is 4.98 Å². The first-order valence-electron chi connectivity index (χ1n) is 3.96. The van der Waals surface area contributed by atoms with Gasteiger partial charge in [-0.25, -0.2) is 9.78 Å². The van der Waals surface area contributed by atoms with Crippen LogP contribution in [0.25, 0.3) is 0 Å². The van der Waals surface area contributed by atoms with Crippen molar-refractivity contribution < 1.29 is 9.90 Å². The van der Waals surface area contributed by atoms with Crippen LogP contribution in [0.3, 0.4) is 0 Å². The molecule has 0 spiro atoms. The van der Waals surface area contributed by atoms with E-state index in [-0.39, 0.29) is 17.7 Å². The van der Waals surface area contributed by atoms with Gasteiger partial charge in [-0.15, -0.1) is 11.3 Å². The Morgan fingerprint density at radius 1 is 1.69 bits per heavy atom. The summed E-state index contributed by atoms with van der Waals surface area (Å²) in [7, 11) is 0. The number of thiazole rings is 1. The molecule has 0 aliphatic rings. The smallest absolute Gasteiger partial charge is 0.355 e. The third kappa shape index (κ3) is 2.26. The molecular formula is C8H12N2O2S. The minimum Gasteiger partial charge on any atom is -0.476 e. The van der Waals surface area contributed by atoms with E-state index >= 15 is 0 Å². The van der Waals surface area contributed by atoms with Gasteiger partial charge in [-0.1, -0.05) is 13.8 Å². The molecule has 0 aromatic carbocycles. The fourth-order valence-corrected chi connectivity index (χ4v) is 1.79. The summed E-state index contributed by atoms with van der Waals surface area (Å²) in [5, 5.41) is 10.8. The third-order valence-corrected chi connectivity index (χ3v) is 2.69. The van der Waals surface area contributed by atoms with Crippen LogP contribution in [0.1, 0.15) is 35.4 Å². The van der Waals surface area contributed by atoms with Gasteiger partial charge in [-0.05, 0) is 5.92 Å². The van der Waals surface area contributed by atoms with Crippen LogP contribution in [-0.4, -0.2) is 16.1 Å². The van der Waals surface area contributed by atoms with Crippen molar-refractivity contribution in [3.63, 3.8) is 0 Å². The first-order valence-corrected chi connectivity index (χ1v) is 4.84. The van der Waals surface area contributed by atoms with E-state index in [0.717, 1.165) is 0 Å². The normalized spacial score (nSPS) is 13.2. The molecule has 72 valence electrons. The number of aromatic nitrogens is 1. The highest BCUT2D eigenvalue weighted by Gasteiger charge is 2.16. The number of hydrogen-bond acceptors (Lipinski definition) is 4. The maximum atomic E-state index is 10.5. The summed E-state index contributed by atoms with van der Waals surface area (Å²) in [6, 6.07) is -0.168. The summed E-state index contributed by atoms with van der Waals surface area (Å²) < 4.78 is 0. The van der Waals surface area contributed by atoms with Crippen LogP contribution in [0.4, 0.5) is 0 Å². The Morgan fingerprint density at radius 2 is 2.31 bits per heavy atom. The van der Waals surface area contributed by atoms with E-state index in [2.05, 4.69) is 4.98 Å². The molecule has 1 rings (SSSR count). The number of aromatic carboxylic acids is 1. The van der Waals surface area contributed by atoms with Gasteiger partial charge >= 0.3 is 5.97 Å². The molecule has 0 aliphatic heterocycles. The lowest BCUT2D eigenvalue weighted by Crippen LogP contribution is -2.16. The maximum Gasteiger partial charge on any atom is 0.355 e. The molecule has 0 amide bonds. The summed E-state index contributed by atoms with van der Waals surface area (Å²) in [6.07, 6.45) is 0. The van der Waals surface area contributed by atoms with Crippen LogP contribution < -0.4 is 5.73 Å². The first-order chi connectivity index (χ1) is 6.02. The fraction of sp³-hybridized carbons (Fsp3) is 0.500. The number of hydrogen-bond donors (Lipinski definition) is 2. The highest BCUT2D eigenvalue weighted by molar-refractivity contribution is 7.09. The highest BCUT2D eigenvalue weighted by Crippen LogP contribution is 2.22. The second kappa shape index (κ2) is 3.85. The lowest BCUT2D eigenvalue weighted by atomic mass is 10.1. The van der Waals surface area contributed by atoms with Gasteiger partial charge in [0.2, 0.25) is 0 Å². The van der Waals surface area contributed by atoms with Gasteiger partial charge in [0.15, 0.2) is 5.69 Å². The lowest BCUT2D eigenvalue weighted by Gasteiger charge is -2.11. The van der Waals surface area contributed by atoms with E-state index in [1.54, 1.807) is 0 Å². The molecule has 5 heteroatoms. The van der Waals surface area contributed by atoms with Crippen molar-refractivity contribution in [3.8, 4) is 0 Å². The molecule has 4 nitrogen and oxygen atoms in total. The molecule has 0 radical (unpaired) electrons. The topological polar surface area (TPSA) is 76.2 Å². The van der Waals surface area contributed by atoms with E-state index in [4.69, 9.17) is 10.8 Å². The molecule has 0 bridgehead atoms. The molecule has 0 saturated heterocycles. The Labute approximate surface area is 80.4 Å². The second-order valence-corrected chi connectivity index (χ2v) is 4.04. The quantitative estimate of drug-likeness (QED) is 0.775. The zero-order valence-electron chi connectivity index (χ0n) is 7.52. The van der Waals surface area contributed by atoms with E-state index in [1.807, 2.05) is 13.8 Å². The molecular weight excluding hydrogens is 188 g/mol. The summed E-state index contributed by atoms with van der Waals surface area (Å²) in [5.74, 6) is -0.730. The largest absolute Gasteiger partial charge is 0.476 e. The average molecular weight is 200 g/mol. The van der Waals surface area contributed by atoms with E-state index in [9.17, 15) is 4.79 Å². The summed E-state index contributed by atoms with van der Waals surface area (Å²) in [6.45, 7) is 3.96. The molecule has 1 aromatic heterocycles. The van der Waals surface area contributed by atoms with Gasteiger partial charge < -0.3 is 10.8 Å². The molecule has 0 unspecified atom stereocenters. The number of carboxylic acid groups (broad SMARTS) is 1. The minimum atomic E-state index is -1.00. The summed E-state index contributed by atoms with van der Waals surface area (Å²) in [4.78, 5) is 14.4. The van der Waals surface area contributed by atoms with E-state index < -0.39 is 5.97 Å². The average Bonchev–Trinajstić information content (AvgIpc) is 2.50. The maximum absolute atomic E-state index is 10.5. The van der Waals surface area contributed by atoms with Gasteiger partial charge in [0.1, 0.15) is 5.01 Å². The SMILES string of the molecule is CC(C)[C@H](N)c1nc(C(=O)O)cs1. The van der Waals surface area contributed by atoms with Crippen LogP contribution in [0.2, 0.25) is 0 Å². The van der Waals surface area contributed by atoms with Crippen molar-refractivity contribution in [1.29, 1.82) is 0 Å². The molecule has 13 heavy (non-hydrogen) atoms. The lowest BCUT2D eigenvalue weighted by molar-refractivity contribution is 0.0691. The Hall–Kier alpha value is -0.940. The molecule has 0 aliphatic carbocycles. The van der Waals surface area contributed by atoms with Gasteiger partial charge in [0, 0.05) is 5.38 Å². The minimum absolute atomic E-state index is 0.0797. The number of carboxylic acids is 1. The monoisotopic (exact) mass is 200 g/mol. The summed E-state index contributed by atoms with van der Waals surface area (Å²) in [5.41, 5.74) is 5.89. The molecule has 0 saturated carbocycles. The van der Waals surface area contributed by atoms with Crippen molar-refractivity contribution in [2.45, 2.75) is 19.9 Å².